The minimum absolute atomic E-state index is 0.137. The number of cyclic esters (lactones) is 1. The Hall–Kier alpha value is -2.69. The van der Waals surface area contributed by atoms with Crippen LogP contribution in [0.2, 0.25) is 0 Å². The van der Waals surface area contributed by atoms with E-state index in [1.165, 1.54) is 0 Å². The van der Waals surface area contributed by atoms with Gasteiger partial charge in [0, 0.05) is 9.13 Å². The van der Waals surface area contributed by atoms with E-state index in [2.05, 4.69) is 32.6 Å². The van der Waals surface area contributed by atoms with E-state index in [-0.39, 0.29) is 11.8 Å². The summed E-state index contributed by atoms with van der Waals surface area (Å²) in [5, 5.41) is 0. The number of halogens is 4. The van der Waals surface area contributed by atoms with Crippen molar-refractivity contribution in [2.75, 3.05) is 0 Å². The van der Waals surface area contributed by atoms with Crippen LogP contribution in [0.5, 0.6) is 0 Å². The van der Waals surface area contributed by atoms with E-state index in [0.717, 1.165) is 3.57 Å². The number of aromatic nitrogens is 1. The van der Waals surface area contributed by atoms with Gasteiger partial charge in [-0.25, -0.2) is 14.8 Å². The monoisotopic (exact) mass is 498 g/mol. The van der Waals surface area contributed by atoms with Gasteiger partial charge in [0.1, 0.15) is 0 Å². The second-order valence-corrected chi connectivity index (χ2v) is 7.16. The van der Waals surface area contributed by atoms with Gasteiger partial charge in [-0.2, -0.15) is 13.2 Å². The molecule has 1 aliphatic rings. The van der Waals surface area contributed by atoms with Crippen molar-refractivity contribution in [3.8, 4) is 11.5 Å². The Balaban J connectivity index is 1.69. The van der Waals surface area contributed by atoms with Crippen molar-refractivity contribution in [1.82, 2.24) is 4.98 Å². The topological polar surface area (TPSA) is 64.7 Å². The number of carbonyl (C=O) groups excluding carboxylic acids is 1. The zero-order chi connectivity index (χ0) is 20.1. The molecule has 0 saturated carbocycles. The molecule has 0 amide bonds. The summed E-state index contributed by atoms with van der Waals surface area (Å²) in [6, 6.07) is 10.1. The normalized spacial score (nSPS) is 15.0. The number of nitrogens with zero attached hydrogens (tertiary/aromatic N) is 2. The predicted octanol–water partition coefficient (Wildman–Crippen LogP) is 5.52. The van der Waals surface area contributed by atoms with Crippen molar-refractivity contribution in [2.45, 2.75) is 13.1 Å². The van der Waals surface area contributed by atoms with E-state index in [1.54, 1.807) is 43.3 Å². The summed E-state index contributed by atoms with van der Waals surface area (Å²) in [5.74, 6) is -1.58. The molecule has 0 atom stereocenters. The molecule has 0 spiro atoms. The number of rotatable bonds is 2. The third-order valence-electron chi connectivity index (χ3n) is 4.09. The quantitative estimate of drug-likeness (QED) is 0.345. The molecule has 3 aromatic rings. The number of esters is 1. The number of hydrogen-bond acceptors (Lipinski definition) is 5. The Morgan fingerprint density at radius 2 is 1.96 bits per heavy atom. The van der Waals surface area contributed by atoms with Gasteiger partial charge >= 0.3 is 12.1 Å². The highest BCUT2D eigenvalue weighted by atomic mass is 127. The molecule has 2 heterocycles. The average molecular weight is 498 g/mol. The fourth-order valence-corrected chi connectivity index (χ4v) is 3.47. The molecule has 1 aromatic heterocycles. The van der Waals surface area contributed by atoms with E-state index >= 15 is 0 Å². The number of ether oxygens (including phenoxy) is 1. The molecule has 0 bridgehead atoms. The SMILES string of the molecule is Cc1cc(-c2ncc(C(F)(F)F)o2)ccc1N=C1OC(=O)c2c(I)cccc21. The molecule has 0 aliphatic carbocycles. The smallest absolute Gasteiger partial charge is 0.432 e. The molecular formula is C19H10F3IN2O3. The first kappa shape index (κ1) is 18.7. The van der Waals surface area contributed by atoms with Crippen LogP contribution in [0.15, 0.2) is 52.0 Å². The van der Waals surface area contributed by atoms with Gasteiger partial charge in [0.15, 0.2) is 0 Å². The number of hydrogen-bond donors (Lipinski definition) is 0. The number of carbonyl (C=O) groups is 1. The standard InChI is InChI=1S/C19H10F3IN2O3/c1-9-7-10(16-24-8-14(27-16)19(20,21)22)5-6-13(9)25-17-11-3-2-4-12(23)15(11)18(26)28-17/h2-8H,1H3. The van der Waals surface area contributed by atoms with Crippen molar-refractivity contribution >= 4 is 40.1 Å². The zero-order valence-electron chi connectivity index (χ0n) is 14.2. The van der Waals surface area contributed by atoms with Crippen molar-refractivity contribution in [1.29, 1.82) is 0 Å². The van der Waals surface area contributed by atoms with Crippen LogP contribution >= 0.6 is 22.6 Å². The molecule has 9 heteroatoms. The third-order valence-corrected chi connectivity index (χ3v) is 4.99. The third kappa shape index (κ3) is 3.30. The first-order chi connectivity index (χ1) is 13.2. The van der Waals surface area contributed by atoms with E-state index in [0.29, 0.717) is 34.1 Å². The molecule has 2 aromatic carbocycles. The van der Waals surface area contributed by atoms with Crippen LogP contribution in [0.25, 0.3) is 11.5 Å². The summed E-state index contributed by atoms with van der Waals surface area (Å²) < 4.78 is 48.9. The molecule has 0 N–H and O–H groups in total. The van der Waals surface area contributed by atoms with Gasteiger partial charge < -0.3 is 9.15 Å². The maximum atomic E-state index is 12.7. The van der Waals surface area contributed by atoms with Gasteiger partial charge in [-0.1, -0.05) is 6.07 Å². The van der Waals surface area contributed by atoms with Gasteiger partial charge in [-0.05, 0) is 65.4 Å². The van der Waals surface area contributed by atoms with Crippen LogP contribution < -0.4 is 0 Å². The summed E-state index contributed by atoms with van der Waals surface area (Å²) in [5.41, 5.74) is 2.63. The molecule has 0 unspecified atom stereocenters. The van der Waals surface area contributed by atoms with E-state index in [1.807, 2.05) is 0 Å². The Morgan fingerprint density at radius 3 is 2.64 bits per heavy atom. The van der Waals surface area contributed by atoms with E-state index in [4.69, 9.17) is 9.15 Å². The average Bonchev–Trinajstić information content (AvgIpc) is 3.23. The first-order valence-corrected chi connectivity index (χ1v) is 9.06. The highest BCUT2D eigenvalue weighted by Gasteiger charge is 2.36. The maximum Gasteiger partial charge on any atom is 0.451 e. The van der Waals surface area contributed by atoms with Crippen molar-refractivity contribution in [3.63, 3.8) is 0 Å². The Kier molecular flexibility index (Phi) is 4.48. The Morgan fingerprint density at radius 1 is 1.18 bits per heavy atom. The van der Waals surface area contributed by atoms with E-state index in [9.17, 15) is 18.0 Å². The van der Waals surface area contributed by atoms with Gasteiger partial charge in [0.2, 0.25) is 17.5 Å². The number of alkyl halides is 3. The van der Waals surface area contributed by atoms with Crippen LogP contribution in [-0.4, -0.2) is 16.9 Å². The molecule has 4 rings (SSSR count). The number of benzene rings is 2. The zero-order valence-corrected chi connectivity index (χ0v) is 16.3. The number of aryl methyl sites for hydroxylation is 1. The molecule has 1 aliphatic heterocycles. The molecular weight excluding hydrogens is 488 g/mol. The minimum Gasteiger partial charge on any atom is -0.432 e. The lowest BCUT2D eigenvalue weighted by atomic mass is 10.1. The van der Waals surface area contributed by atoms with Crippen LogP contribution in [0.1, 0.15) is 27.2 Å². The molecule has 0 fully saturated rings. The maximum absolute atomic E-state index is 12.7. The fraction of sp³-hybridized carbons (Fsp3) is 0.105. The number of fused-ring (bicyclic) bond motifs is 1. The van der Waals surface area contributed by atoms with Crippen molar-refractivity contribution in [3.05, 3.63) is 68.6 Å². The summed E-state index contributed by atoms with van der Waals surface area (Å²) in [4.78, 5) is 20.2. The lowest BCUT2D eigenvalue weighted by Gasteiger charge is -2.04. The minimum atomic E-state index is -4.59. The van der Waals surface area contributed by atoms with Crippen LogP contribution in [0.3, 0.4) is 0 Å². The van der Waals surface area contributed by atoms with Gasteiger partial charge in [0.05, 0.1) is 23.0 Å². The van der Waals surface area contributed by atoms with Crippen LogP contribution in [-0.2, 0) is 10.9 Å². The summed E-state index contributed by atoms with van der Waals surface area (Å²) >= 11 is 2.05. The molecule has 5 nitrogen and oxygen atoms in total. The lowest BCUT2D eigenvalue weighted by Crippen LogP contribution is -2.02. The fourth-order valence-electron chi connectivity index (χ4n) is 2.75. The Bertz CT molecular complexity index is 1140. The molecule has 28 heavy (non-hydrogen) atoms. The van der Waals surface area contributed by atoms with Crippen molar-refractivity contribution in [2.24, 2.45) is 4.99 Å². The summed E-state index contributed by atoms with van der Waals surface area (Å²) in [7, 11) is 0. The second kappa shape index (κ2) is 6.73. The summed E-state index contributed by atoms with van der Waals surface area (Å²) in [6.45, 7) is 1.74. The van der Waals surface area contributed by atoms with E-state index < -0.39 is 17.9 Å². The number of aliphatic imine (C=N–C) groups is 1. The lowest BCUT2D eigenvalue weighted by molar-refractivity contribution is -0.152. The molecule has 0 radical (unpaired) electrons. The number of oxazole rings is 1. The van der Waals surface area contributed by atoms with Gasteiger partial charge in [0.25, 0.3) is 0 Å². The molecule has 142 valence electrons. The van der Waals surface area contributed by atoms with Crippen LogP contribution in [0, 0.1) is 10.5 Å². The van der Waals surface area contributed by atoms with Gasteiger partial charge in [-0.3, -0.25) is 0 Å². The molecule has 0 saturated heterocycles. The highest BCUT2D eigenvalue weighted by Crippen LogP contribution is 2.34. The second-order valence-electron chi connectivity index (χ2n) is 6.00. The highest BCUT2D eigenvalue weighted by molar-refractivity contribution is 14.1. The van der Waals surface area contributed by atoms with Crippen LogP contribution in [0.4, 0.5) is 18.9 Å². The largest absolute Gasteiger partial charge is 0.451 e. The van der Waals surface area contributed by atoms with Crippen molar-refractivity contribution < 1.29 is 27.1 Å². The predicted molar refractivity (Wildman–Crippen MR) is 102 cm³/mol. The first-order valence-electron chi connectivity index (χ1n) is 7.98. The Labute approximate surface area is 170 Å². The summed E-state index contributed by atoms with van der Waals surface area (Å²) in [6.07, 6.45) is -3.95. The van der Waals surface area contributed by atoms with Gasteiger partial charge in [-0.15, -0.1) is 0 Å².